The van der Waals surface area contributed by atoms with Gasteiger partial charge in [0.05, 0.1) is 5.69 Å². The third kappa shape index (κ3) is 2.40. The Bertz CT molecular complexity index is 616. The van der Waals surface area contributed by atoms with Crippen molar-refractivity contribution < 1.29 is 13.9 Å². The molecule has 4 nitrogen and oxygen atoms in total. The molecule has 5 heteroatoms. The van der Waals surface area contributed by atoms with Crippen molar-refractivity contribution in [2.45, 2.75) is 6.54 Å². The van der Waals surface area contributed by atoms with Crippen molar-refractivity contribution >= 4 is 11.4 Å². The molecule has 1 aliphatic heterocycles. The molecule has 0 atom stereocenters. The average Bonchev–Trinajstić information content (AvgIpc) is 2.85. The lowest BCUT2D eigenvalue weighted by atomic mass is 10.2. The summed E-state index contributed by atoms with van der Waals surface area (Å²) in [4.78, 5) is 0. The van der Waals surface area contributed by atoms with Gasteiger partial charge in [0.25, 0.3) is 0 Å². The SMILES string of the molecule is Nc1ccc(NCc2ccc3c(c2)OCO3)c(F)c1. The summed E-state index contributed by atoms with van der Waals surface area (Å²) < 4.78 is 24.1. The first-order valence-corrected chi connectivity index (χ1v) is 5.90. The molecule has 0 radical (unpaired) electrons. The predicted molar refractivity (Wildman–Crippen MR) is 70.7 cm³/mol. The number of hydrogen-bond acceptors (Lipinski definition) is 4. The number of nitrogens with one attached hydrogen (secondary N) is 1. The smallest absolute Gasteiger partial charge is 0.231 e. The molecule has 0 saturated heterocycles. The fourth-order valence-corrected chi connectivity index (χ4v) is 1.92. The van der Waals surface area contributed by atoms with Gasteiger partial charge in [-0.1, -0.05) is 6.07 Å². The Hall–Kier alpha value is -2.43. The maximum absolute atomic E-state index is 13.6. The second kappa shape index (κ2) is 4.68. The lowest BCUT2D eigenvalue weighted by molar-refractivity contribution is 0.174. The molecule has 3 N–H and O–H groups in total. The molecule has 3 rings (SSSR count). The molecular weight excluding hydrogens is 247 g/mol. The lowest BCUT2D eigenvalue weighted by Crippen LogP contribution is -2.02. The molecule has 1 aliphatic rings. The minimum atomic E-state index is -0.360. The van der Waals surface area contributed by atoms with E-state index in [0.29, 0.717) is 17.9 Å². The molecule has 98 valence electrons. The molecule has 19 heavy (non-hydrogen) atoms. The summed E-state index contributed by atoms with van der Waals surface area (Å²) in [5.41, 5.74) is 7.32. The summed E-state index contributed by atoms with van der Waals surface area (Å²) in [5.74, 6) is 1.10. The van der Waals surface area contributed by atoms with E-state index in [1.54, 1.807) is 12.1 Å². The monoisotopic (exact) mass is 260 g/mol. The summed E-state index contributed by atoms with van der Waals surface area (Å²) >= 11 is 0. The Morgan fingerprint density at radius 1 is 1.11 bits per heavy atom. The Morgan fingerprint density at radius 3 is 2.79 bits per heavy atom. The van der Waals surface area contributed by atoms with Gasteiger partial charge in [-0.15, -0.1) is 0 Å². The molecule has 0 unspecified atom stereocenters. The van der Waals surface area contributed by atoms with Gasteiger partial charge in [-0.25, -0.2) is 4.39 Å². The van der Waals surface area contributed by atoms with E-state index in [1.807, 2.05) is 18.2 Å². The van der Waals surface area contributed by atoms with E-state index < -0.39 is 0 Å². The first-order valence-electron chi connectivity index (χ1n) is 5.90. The molecule has 2 aromatic carbocycles. The summed E-state index contributed by atoms with van der Waals surface area (Å²) in [6, 6.07) is 10.2. The van der Waals surface area contributed by atoms with Gasteiger partial charge in [0.1, 0.15) is 5.82 Å². The van der Waals surface area contributed by atoms with Crippen LogP contribution >= 0.6 is 0 Å². The molecule has 0 saturated carbocycles. The van der Waals surface area contributed by atoms with Crippen molar-refractivity contribution in [3.8, 4) is 11.5 Å². The standard InChI is InChI=1S/C14H13FN2O2/c15-11-6-10(16)2-3-12(11)17-7-9-1-4-13-14(5-9)19-8-18-13/h1-6,17H,7-8,16H2. The molecule has 2 aromatic rings. The Morgan fingerprint density at radius 2 is 1.95 bits per heavy atom. The molecule has 0 spiro atoms. The molecule has 0 aliphatic carbocycles. The fourth-order valence-electron chi connectivity index (χ4n) is 1.92. The zero-order chi connectivity index (χ0) is 13.2. The van der Waals surface area contributed by atoms with Crippen LogP contribution in [0.5, 0.6) is 11.5 Å². The van der Waals surface area contributed by atoms with Gasteiger partial charge in [0.15, 0.2) is 11.5 Å². The fraction of sp³-hybridized carbons (Fsp3) is 0.143. The average molecular weight is 260 g/mol. The van der Waals surface area contributed by atoms with Gasteiger partial charge in [0, 0.05) is 12.2 Å². The quantitative estimate of drug-likeness (QED) is 0.833. The van der Waals surface area contributed by atoms with Crippen LogP contribution in [-0.4, -0.2) is 6.79 Å². The number of rotatable bonds is 3. The van der Waals surface area contributed by atoms with Crippen LogP contribution in [0, 0.1) is 5.82 Å². The second-order valence-electron chi connectivity index (χ2n) is 4.28. The predicted octanol–water partition coefficient (Wildman–Crippen LogP) is 2.75. The highest BCUT2D eigenvalue weighted by molar-refractivity contribution is 5.53. The zero-order valence-electron chi connectivity index (χ0n) is 10.2. The van der Waals surface area contributed by atoms with Gasteiger partial charge >= 0.3 is 0 Å². The third-order valence-corrected chi connectivity index (χ3v) is 2.91. The van der Waals surface area contributed by atoms with Crippen LogP contribution in [0.4, 0.5) is 15.8 Å². The van der Waals surface area contributed by atoms with E-state index in [4.69, 9.17) is 15.2 Å². The van der Waals surface area contributed by atoms with Crippen molar-refractivity contribution in [1.82, 2.24) is 0 Å². The normalized spacial score (nSPS) is 12.5. The molecule has 0 amide bonds. The van der Waals surface area contributed by atoms with E-state index in [9.17, 15) is 4.39 Å². The highest BCUT2D eigenvalue weighted by Gasteiger charge is 2.13. The topological polar surface area (TPSA) is 56.5 Å². The van der Waals surface area contributed by atoms with Crippen molar-refractivity contribution in [3.05, 3.63) is 47.8 Å². The maximum Gasteiger partial charge on any atom is 0.231 e. The van der Waals surface area contributed by atoms with E-state index in [0.717, 1.165) is 17.1 Å². The number of ether oxygens (including phenoxy) is 2. The van der Waals surface area contributed by atoms with Gasteiger partial charge in [-0.05, 0) is 35.9 Å². The van der Waals surface area contributed by atoms with Crippen LogP contribution in [0.3, 0.4) is 0 Å². The maximum atomic E-state index is 13.6. The van der Waals surface area contributed by atoms with E-state index in [1.165, 1.54) is 6.07 Å². The van der Waals surface area contributed by atoms with Gasteiger partial charge in [-0.2, -0.15) is 0 Å². The van der Waals surface area contributed by atoms with E-state index >= 15 is 0 Å². The summed E-state index contributed by atoms with van der Waals surface area (Å²) in [7, 11) is 0. The van der Waals surface area contributed by atoms with Crippen molar-refractivity contribution in [2.24, 2.45) is 0 Å². The number of nitrogens with two attached hydrogens (primary N) is 1. The summed E-state index contributed by atoms with van der Waals surface area (Å²) in [6.45, 7) is 0.746. The highest BCUT2D eigenvalue weighted by Crippen LogP contribution is 2.32. The van der Waals surface area contributed by atoms with Crippen LogP contribution in [-0.2, 0) is 6.54 Å². The van der Waals surface area contributed by atoms with Crippen molar-refractivity contribution in [3.63, 3.8) is 0 Å². The zero-order valence-corrected chi connectivity index (χ0v) is 10.2. The summed E-state index contributed by atoms with van der Waals surface area (Å²) in [6.07, 6.45) is 0. The first kappa shape index (κ1) is 11.6. The largest absolute Gasteiger partial charge is 0.454 e. The number of nitrogen functional groups attached to an aromatic ring is 1. The van der Waals surface area contributed by atoms with Gasteiger partial charge in [0.2, 0.25) is 6.79 Å². The van der Waals surface area contributed by atoms with Crippen molar-refractivity contribution in [1.29, 1.82) is 0 Å². The number of anilines is 2. The molecule has 0 bridgehead atoms. The van der Waals surface area contributed by atoms with Gasteiger partial charge < -0.3 is 20.5 Å². The minimum Gasteiger partial charge on any atom is -0.454 e. The first-order chi connectivity index (χ1) is 9.22. The molecular formula is C14H13FN2O2. The molecule has 0 fully saturated rings. The lowest BCUT2D eigenvalue weighted by Gasteiger charge is -2.08. The minimum absolute atomic E-state index is 0.249. The Labute approximate surface area is 109 Å². The van der Waals surface area contributed by atoms with Crippen LogP contribution in [0.1, 0.15) is 5.56 Å². The number of fused-ring (bicyclic) bond motifs is 1. The van der Waals surface area contributed by atoms with Crippen LogP contribution in [0.2, 0.25) is 0 Å². The van der Waals surface area contributed by atoms with E-state index in [-0.39, 0.29) is 12.6 Å². The summed E-state index contributed by atoms with van der Waals surface area (Å²) in [5, 5.41) is 3.02. The number of benzene rings is 2. The van der Waals surface area contributed by atoms with E-state index in [2.05, 4.69) is 5.32 Å². The third-order valence-electron chi connectivity index (χ3n) is 2.91. The number of hydrogen-bond donors (Lipinski definition) is 2. The molecule has 1 heterocycles. The molecule has 0 aromatic heterocycles. The van der Waals surface area contributed by atoms with Crippen molar-refractivity contribution in [2.75, 3.05) is 17.8 Å². The highest BCUT2D eigenvalue weighted by atomic mass is 19.1. The van der Waals surface area contributed by atoms with Crippen LogP contribution in [0.15, 0.2) is 36.4 Å². The Balaban J connectivity index is 1.72. The Kier molecular flexibility index (Phi) is 2.87. The van der Waals surface area contributed by atoms with Crippen LogP contribution in [0.25, 0.3) is 0 Å². The number of halogens is 1. The second-order valence-corrected chi connectivity index (χ2v) is 4.28. The van der Waals surface area contributed by atoms with Crippen LogP contribution < -0.4 is 20.5 Å². The van der Waals surface area contributed by atoms with Gasteiger partial charge in [-0.3, -0.25) is 0 Å².